The molecule has 0 fully saturated rings. The van der Waals surface area contributed by atoms with Gasteiger partial charge in [-0.05, 0) is 122 Å². The quantitative estimate of drug-likeness (QED) is 0.0345. The van der Waals surface area contributed by atoms with Crippen LogP contribution in [0.2, 0.25) is 0 Å². The summed E-state index contributed by atoms with van der Waals surface area (Å²) in [6, 6.07) is 0. The molecule has 68 heavy (non-hydrogen) atoms. The maximum atomic E-state index is 12.8. The third kappa shape index (κ3) is 54.6. The highest BCUT2D eigenvalue weighted by molar-refractivity contribution is 5.70. The topological polar surface area (TPSA) is 61.8 Å². The Hall–Kier alpha value is -3.96. The van der Waals surface area contributed by atoms with Crippen LogP contribution in [0, 0.1) is 0 Å². The van der Waals surface area contributed by atoms with Gasteiger partial charge in [0.2, 0.25) is 0 Å². The van der Waals surface area contributed by atoms with Gasteiger partial charge in [0.15, 0.2) is 6.10 Å². The van der Waals surface area contributed by atoms with E-state index in [4.69, 9.17) is 14.2 Å². The lowest BCUT2D eigenvalue weighted by atomic mass is 10.1. The Morgan fingerprint density at radius 3 is 1.07 bits per heavy atom. The number of allylic oxidation sites excluding steroid dienone is 22. The van der Waals surface area contributed by atoms with Crippen LogP contribution in [0.5, 0.6) is 0 Å². The highest BCUT2D eigenvalue weighted by atomic mass is 16.6. The van der Waals surface area contributed by atoms with Crippen molar-refractivity contribution in [3.8, 4) is 0 Å². The Morgan fingerprint density at radius 2 is 0.662 bits per heavy atom. The number of ether oxygens (including phenoxy) is 3. The van der Waals surface area contributed by atoms with Crippen LogP contribution in [0.4, 0.5) is 0 Å². The highest BCUT2D eigenvalue weighted by Gasteiger charge is 2.17. The molecule has 0 saturated carbocycles. The first kappa shape index (κ1) is 64.0. The molecule has 0 amide bonds. The zero-order chi connectivity index (χ0) is 49.2. The second-order valence-corrected chi connectivity index (χ2v) is 17.7. The molecule has 0 aromatic rings. The van der Waals surface area contributed by atoms with Crippen LogP contribution in [0.1, 0.15) is 226 Å². The lowest BCUT2D eigenvalue weighted by molar-refractivity contribution is -0.162. The van der Waals surface area contributed by atoms with E-state index >= 15 is 0 Å². The van der Waals surface area contributed by atoms with Crippen molar-refractivity contribution in [1.82, 2.24) is 0 Å². The van der Waals surface area contributed by atoms with Crippen LogP contribution < -0.4 is 0 Å². The summed E-state index contributed by atoms with van der Waals surface area (Å²) < 4.78 is 17.3. The molecule has 5 nitrogen and oxygen atoms in total. The molecule has 0 rings (SSSR count). The molecule has 1 atom stereocenters. The molecule has 0 aliphatic rings. The average Bonchev–Trinajstić information content (AvgIpc) is 3.34. The Kier molecular flexibility index (Phi) is 54.0. The van der Waals surface area contributed by atoms with Crippen molar-refractivity contribution in [3.63, 3.8) is 0 Å². The minimum absolute atomic E-state index is 0.0237. The molecular weight excluding hydrogens is 837 g/mol. The van der Waals surface area contributed by atoms with Crippen molar-refractivity contribution in [2.75, 3.05) is 19.8 Å². The van der Waals surface area contributed by atoms with Gasteiger partial charge < -0.3 is 14.2 Å². The van der Waals surface area contributed by atoms with Gasteiger partial charge in [-0.15, -0.1) is 0 Å². The van der Waals surface area contributed by atoms with E-state index in [1.165, 1.54) is 89.9 Å². The Labute approximate surface area is 419 Å². The molecule has 0 aliphatic heterocycles. The fourth-order valence-electron chi connectivity index (χ4n) is 7.10. The van der Waals surface area contributed by atoms with E-state index in [1.54, 1.807) is 0 Å². The second kappa shape index (κ2) is 57.4. The molecule has 384 valence electrons. The van der Waals surface area contributed by atoms with Gasteiger partial charge in [0.05, 0.1) is 6.61 Å². The molecule has 0 spiro atoms. The highest BCUT2D eigenvalue weighted by Crippen LogP contribution is 2.12. The van der Waals surface area contributed by atoms with Gasteiger partial charge in [0.1, 0.15) is 6.61 Å². The predicted octanol–water partition coefficient (Wildman–Crippen LogP) is 19.1. The van der Waals surface area contributed by atoms with E-state index < -0.39 is 6.10 Å². The van der Waals surface area contributed by atoms with Crippen LogP contribution >= 0.6 is 0 Å². The minimum atomic E-state index is -0.600. The summed E-state index contributed by atoms with van der Waals surface area (Å²) in [4.78, 5) is 25.4. The smallest absolute Gasteiger partial charge is 0.306 e. The number of unbranched alkanes of at least 4 members (excludes halogenated alkanes) is 16. The van der Waals surface area contributed by atoms with Crippen molar-refractivity contribution < 1.29 is 23.8 Å². The first-order valence-corrected chi connectivity index (χ1v) is 27.7. The number of esters is 2. The zero-order valence-corrected chi connectivity index (χ0v) is 44.1. The lowest BCUT2D eigenvalue weighted by Gasteiger charge is -2.18. The molecule has 1 unspecified atom stereocenters. The van der Waals surface area contributed by atoms with E-state index in [2.05, 4.69) is 154 Å². The first-order chi connectivity index (χ1) is 33.6. The number of carbonyl (C=O) groups excluding carboxylic acids is 2. The number of rotatable bonds is 49. The summed E-state index contributed by atoms with van der Waals surface area (Å²) in [6.45, 7) is 7.46. The molecule has 0 radical (unpaired) electrons. The Bertz CT molecular complexity index is 1430. The van der Waals surface area contributed by atoms with Crippen LogP contribution in [-0.4, -0.2) is 37.9 Å². The van der Waals surface area contributed by atoms with Crippen molar-refractivity contribution in [1.29, 1.82) is 0 Å². The van der Waals surface area contributed by atoms with Gasteiger partial charge in [0.25, 0.3) is 0 Å². The maximum Gasteiger partial charge on any atom is 0.306 e. The normalized spacial score (nSPS) is 13.3. The molecule has 0 N–H and O–H groups in total. The Morgan fingerprint density at radius 1 is 0.338 bits per heavy atom. The van der Waals surface area contributed by atoms with Gasteiger partial charge in [-0.2, -0.15) is 0 Å². The van der Waals surface area contributed by atoms with Gasteiger partial charge in [0, 0.05) is 19.4 Å². The molecule has 0 aromatic heterocycles. The van der Waals surface area contributed by atoms with E-state index in [0.29, 0.717) is 25.9 Å². The second-order valence-electron chi connectivity index (χ2n) is 17.7. The van der Waals surface area contributed by atoms with Crippen LogP contribution in [0.25, 0.3) is 0 Å². The van der Waals surface area contributed by atoms with Gasteiger partial charge in [-0.3, -0.25) is 9.59 Å². The van der Waals surface area contributed by atoms with Gasteiger partial charge in [-0.1, -0.05) is 225 Å². The van der Waals surface area contributed by atoms with E-state index in [0.717, 1.165) is 96.3 Å². The zero-order valence-electron chi connectivity index (χ0n) is 44.1. The summed E-state index contributed by atoms with van der Waals surface area (Å²) in [7, 11) is 0. The van der Waals surface area contributed by atoms with Crippen molar-refractivity contribution in [2.45, 2.75) is 232 Å². The molecular formula is C63H102O5. The predicted molar refractivity (Wildman–Crippen MR) is 297 cm³/mol. The van der Waals surface area contributed by atoms with Gasteiger partial charge >= 0.3 is 11.9 Å². The summed E-state index contributed by atoms with van der Waals surface area (Å²) in [5.41, 5.74) is 0. The van der Waals surface area contributed by atoms with Gasteiger partial charge in [-0.25, -0.2) is 0 Å². The largest absolute Gasteiger partial charge is 0.462 e. The van der Waals surface area contributed by atoms with Crippen molar-refractivity contribution in [2.24, 2.45) is 0 Å². The van der Waals surface area contributed by atoms with Crippen LogP contribution in [0.15, 0.2) is 134 Å². The van der Waals surface area contributed by atoms with Crippen LogP contribution in [0.3, 0.4) is 0 Å². The monoisotopic (exact) mass is 939 g/mol. The number of hydrogen-bond donors (Lipinski definition) is 0. The fraction of sp³-hybridized carbons (Fsp3) is 0.619. The molecule has 0 heterocycles. The lowest BCUT2D eigenvalue weighted by Crippen LogP contribution is -2.30. The molecule has 0 aliphatic carbocycles. The first-order valence-electron chi connectivity index (χ1n) is 27.7. The summed E-state index contributed by atoms with van der Waals surface area (Å²) >= 11 is 0. The Balaban J connectivity index is 4.48. The summed E-state index contributed by atoms with van der Waals surface area (Å²) in [5, 5.41) is 0. The van der Waals surface area contributed by atoms with Crippen molar-refractivity contribution in [3.05, 3.63) is 134 Å². The van der Waals surface area contributed by atoms with E-state index in [1.807, 2.05) is 0 Å². The molecule has 5 heteroatoms. The maximum absolute atomic E-state index is 12.8. The summed E-state index contributed by atoms with van der Waals surface area (Å²) in [5.74, 6) is -0.540. The average molecular weight is 940 g/mol. The summed E-state index contributed by atoms with van der Waals surface area (Å²) in [6.07, 6.45) is 82.0. The number of hydrogen-bond acceptors (Lipinski definition) is 5. The minimum Gasteiger partial charge on any atom is -0.462 e. The molecule has 0 aromatic carbocycles. The third-order valence-electron chi connectivity index (χ3n) is 11.2. The molecule has 0 bridgehead atoms. The molecule has 0 saturated heterocycles. The number of carbonyl (C=O) groups is 2. The van der Waals surface area contributed by atoms with E-state index in [-0.39, 0.29) is 25.2 Å². The van der Waals surface area contributed by atoms with Crippen LogP contribution in [-0.2, 0) is 23.8 Å². The van der Waals surface area contributed by atoms with E-state index in [9.17, 15) is 9.59 Å². The standard InChI is InChI=1S/C63H102O5/c1-4-7-10-13-16-19-22-25-28-31-34-37-40-43-46-49-52-55-58-66-59-61(68-63(65)57-54-51-48-45-42-39-36-33-30-27-24-21-18-15-12-9-6-3)60-67-62(64)56-53-50-47-44-41-38-35-32-29-26-23-20-17-14-11-8-5-2/h8-9,11-12,17-18,20-21,25-30,35-36,38-39,44-45,47-48,61H,4-7,10,13-16,19,22-24,31-34,37,40-43,46,49-60H2,1-3H3/b11-8-,12-9-,20-17-,21-18-,28-25-,29-26-,30-27-,38-35-,39-36-,47-44-,48-45-. The fourth-order valence-corrected chi connectivity index (χ4v) is 7.10. The van der Waals surface area contributed by atoms with Crippen molar-refractivity contribution >= 4 is 11.9 Å². The third-order valence-corrected chi connectivity index (χ3v) is 11.2. The SMILES string of the molecule is CC/C=C\C/C=C\C/C=C\C/C=C\C/C=C\CCCC(=O)OCC(COCCCCCCCCCC/C=C\CCCCCCCC)OC(=O)CCC/C=C\C/C=C\C/C=C\C/C=C\C/C=C\CC.